The van der Waals surface area contributed by atoms with E-state index < -0.39 is 0 Å². The smallest absolute Gasteiger partial charge is 0.229 e. The minimum Gasteiger partial charge on any atom is -0.339 e. The van der Waals surface area contributed by atoms with Crippen LogP contribution in [0.5, 0.6) is 0 Å². The van der Waals surface area contributed by atoms with Gasteiger partial charge in [0.25, 0.3) is 0 Å². The number of hydrogen-bond donors (Lipinski definition) is 0. The molecule has 112 valence electrons. The Morgan fingerprint density at radius 3 is 2.48 bits per heavy atom. The van der Waals surface area contributed by atoms with E-state index in [-0.39, 0.29) is 0 Å². The Morgan fingerprint density at radius 1 is 1.24 bits per heavy atom. The number of likely N-dealkylation sites (tertiary alicyclic amines) is 1. The summed E-state index contributed by atoms with van der Waals surface area (Å²) in [5, 5.41) is 4.68. The predicted molar refractivity (Wildman–Crippen MR) is 82.5 cm³/mol. The molecule has 0 unspecified atom stereocenters. The Labute approximate surface area is 130 Å². The summed E-state index contributed by atoms with van der Waals surface area (Å²) < 4.78 is 5.30. The second-order valence-electron chi connectivity index (χ2n) is 5.72. The number of hydrogen-bond acceptors (Lipinski definition) is 4. The fraction of sp³-hybridized carbons (Fsp3) is 0.500. The van der Waals surface area contributed by atoms with Gasteiger partial charge >= 0.3 is 0 Å². The van der Waals surface area contributed by atoms with Crippen molar-refractivity contribution < 1.29 is 4.52 Å². The molecular formula is C16H20ClN3O. The van der Waals surface area contributed by atoms with Crippen molar-refractivity contribution in [1.82, 2.24) is 15.0 Å². The van der Waals surface area contributed by atoms with Crippen molar-refractivity contribution in [2.24, 2.45) is 0 Å². The predicted octanol–water partition coefficient (Wildman–Crippen LogP) is 3.97. The molecule has 21 heavy (non-hydrogen) atoms. The van der Waals surface area contributed by atoms with Gasteiger partial charge in [0, 0.05) is 17.0 Å². The Bertz CT molecular complexity index is 588. The SMILES string of the molecule is Cc1noc(C2CCN([C@@H](C)c3ccc(Cl)cc3)CC2)n1. The molecule has 0 N–H and O–H groups in total. The highest BCUT2D eigenvalue weighted by Crippen LogP contribution is 2.31. The molecule has 5 heteroatoms. The highest BCUT2D eigenvalue weighted by molar-refractivity contribution is 6.30. The fourth-order valence-corrected chi connectivity index (χ4v) is 3.09. The zero-order chi connectivity index (χ0) is 14.8. The van der Waals surface area contributed by atoms with E-state index in [9.17, 15) is 0 Å². The van der Waals surface area contributed by atoms with E-state index in [4.69, 9.17) is 16.1 Å². The topological polar surface area (TPSA) is 42.2 Å². The van der Waals surface area contributed by atoms with Crippen LogP contribution in [0.1, 0.15) is 49.0 Å². The van der Waals surface area contributed by atoms with Gasteiger partial charge in [-0.25, -0.2) is 0 Å². The first-order valence-corrected chi connectivity index (χ1v) is 7.81. The van der Waals surface area contributed by atoms with Crippen molar-refractivity contribution in [2.75, 3.05) is 13.1 Å². The average molecular weight is 306 g/mol. The molecule has 0 aliphatic carbocycles. The van der Waals surface area contributed by atoms with Gasteiger partial charge in [-0.3, -0.25) is 4.90 Å². The Hall–Kier alpha value is -1.39. The quantitative estimate of drug-likeness (QED) is 0.860. The summed E-state index contributed by atoms with van der Waals surface area (Å²) in [5.74, 6) is 1.92. The maximum Gasteiger partial charge on any atom is 0.229 e. The number of benzene rings is 1. The lowest BCUT2D eigenvalue weighted by atomic mass is 9.94. The van der Waals surface area contributed by atoms with Crippen molar-refractivity contribution in [3.8, 4) is 0 Å². The number of aromatic nitrogens is 2. The Morgan fingerprint density at radius 2 is 1.90 bits per heavy atom. The monoisotopic (exact) mass is 305 g/mol. The first-order chi connectivity index (χ1) is 10.1. The molecule has 1 saturated heterocycles. The molecule has 1 aromatic heterocycles. The van der Waals surface area contributed by atoms with Crippen molar-refractivity contribution >= 4 is 11.6 Å². The highest BCUT2D eigenvalue weighted by Gasteiger charge is 2.27. The van der Waals surface area contributed by atoms with Gasteiger partial charge in [0.1, 0.15) is 0 Å². The molecule has 4 nitrogen and oxygen atoms in total. The van der Waals surface area contributed by atoms with Crippen molar-refractivity contribution in [2.45, 2.75) is 38.6 Å². The summed E-state index contributed by atoms with van der Waals surface area (Å²) in [6.07, 6.45) is 2.14. The van der Waals surface area contributed by atoms with Crippen molar-refractivity contribution in [1.29, 1.82) is 0 Å². The molecule has 1 aliphatic heterocycles. The van der Waals surface area contributed by atoms with E-state index in [0.29, 0.717) is 12.0 Å². The molecule has 0 bridgehead atoms. The normalized spacial score (nSPS) is 18.8. The molecule has 1 aliphatic rings. The summed E-state index contributed by atoms with van der Waals surface area (Å²) in [4.78, 5) is 6.86. The first-order valence-electron chi connectivity index (χ1n) is 7.43. The molecule has 1 atom stereocenters. The molecule has 0 amide bonds. The summed E-state index contributed by atoms with van der Waals surface area (Å²) in [5.41, 5.74) is 1.31. The van der Waals surface area contributed by atoms with E-state index in [1.54, 1.807) is 0 Å². The van der Waals surface area contributed by atoms with Gasteiger partial charge < -0.3 is 4.52 Å². The molecule has 2 aromatic rings. The zero-order valence-corrected chi connectivity index (χ0v) is 13.2. The number of nitrogens with zero attached hydrogens (tertiary/aromatic N) is 3. The lowest BCUT2D eigenvalue weighted by Crippen LogP contribution is -2.35. The van der Waals surface area contributed by atoms with Crippen LogP contribution < -0.4 is 0 Å². The number of piperidine rings is 1. The summed E-state index contributed by atoms with van der Waals surface area (Å²) >= 11 is 5.95. The second kappa shape index (κ2) is 6.16. The third-order valence-electron chi connectivity index (χ3n) is 4.32. The average Bonchev–Trinajstić information content (AvgIpc) is 2.94. The fourth-order valence-electron chi connectivity index (χ4n) is 2.96. The summed E-state index contributed by atoms with van der Waals surface area (Å²) in [6, 6.07) is 8.55. The lowest BCUT2D eigenvalue weighted by Gasteiger charge is -2.35. The van der Waals surface area contributed by atoms with Gasteiger partial charge in [0.15, 0.2) is 5.82 Å². The van der Waals surface area contributed by atoms with Crippen LogP contribution in [-0.4, -0.2) is 28.1 Å². The summed E-state index contributed by atoms with van der Waals surface area (Å²) in [6.45, 7) is 6.22. The van der Waals surface area contributed by atoms with Crippen molar-refractivity contribution in [3.05, 3.63) is 46.6 Å². The standard InChI is InChI=1S/C16H20ClN3O/c1-11(13-3-5-15(17)6-4-13)20-9-7-14(8-10-20)16-18-12(2)19-21-16/h3-6,11,14H,7-10H2,1-2H3/t11-/m0/s1. The molecule has 1 aromatic carbocycles. The van der Waals surface area contributed by atoms with Gasteiger partial charge in [-0.05, 0) is 57.5 Å². The number of halogens is 1. The van der Waals surface area contributed by atoms with E-state index in [2.05, 4.69) is 34.1 Å². The third-order valence-corrected chi connectivity index (χ3v) is 4.57. The van der Waals surface area contributed by atoms with Crippen LogP contribution in [-0.2, 0) is 0 Å². The van der Waals surface area contributed by atoms with Gasteiger partial charge in [-0.1, -0.05) is 28.9 Å². The lowest BCUT2D eigenvalue weighted by molar-refractivity contribution is 0.151. The van der Waals surface area contributed by atoms with Gasteiger partial charge in [-0.2, -0.15) is 4.98 Å². The van der Waals surface area contributed by atoms with Crippen LogP contribution in [0, 0.1) is 6.92 Å². The van der Waals surface area contributed by atoms with E-state index in [0.717, 1.165) is 42.7 Å². The second-order valence-corrected chi connectivity index (χ2v) is 6.15. The maximum absolute atomic E-state index is 5.95. The van der Waals surface area contributed by atoms with Crippen LogP contribution in [0.3, 0.4) is 0 Å². The maximum atomic E-state index is 5.95. The molecule has 0 spiro atoms. The van der Waals surface area contributed by atoms with Gasteiger partial charge in [0.05, 0.1) is 0 Å². The van der Waals surface area contributed by atoms with Crippen LogP contribution in [0.15, 0.2) is 28.8 Å². The molecule has 3 rings (SSSR count). The minimum atomic E-state index is 0.403. The van der Waals surface area contributed by atoms with Gasteiger partial charge in [-0.15, -0.1) is 0 Å². The zero-order valence-electron chi connectivity index (χ0n) is 12.4. The number of aryl methyl sites for hydroxylation is 1. The largest absolute Gasteiger partial charge is 0.339 e. The van der Waals surface area contributed by atoms with Crippen LogP contribution in [0.4, 0.5) is 0 Å². The van der Waals surface area contributed by atoms with E-state index in [1.165, 1.54) is 5.56 Å². The van der Waals surface area contributed by atoms with Gasteiger partial charge in [0.2, 0.25) is 5.89 Å². The Balaban J connectivity index is 1.61. The van der Waals surface area contributed by atoms with Crippen molar-refractivity contribution in [3.63, 3.8) is 0 Å². The molecule has 2 heterocycles. The molecule has 1 fully saturated rings. The van der Waals surface area contributed by atoms with E-state index in [1.807, 2.05) is 19.1 Å². The highest BCUT2D eigenvalue weighted by atomic mass is 35.5. The van der Waals surface area contributed by atoms with Crippen LogP contribution >= 0.6 is 11.6 Å². The number of rotatable bonds is 3. The molecule has 0 radical (unpaired) electrons. The third kappa shape index (κ3) is 3.27. The van der Waals surface area contributed by atoms with E-state index >= 15 is 0 Å². The minimum absolute atomic E-state index is 0.403. The Kier molecular flexibility index (Phi) is 4.27. The molecule has 0 saturated carbocycles. The molecular weight excluding hydrogens is 286 g/mol. The van der Waals surface area contributed by atoms with Crippen LogP contribution in [0.25, 0.3) is 0 Å². The van der Waals surface area contributed by atoms with Crippen LogP contribution in [0.2, 0.25) is 5.02 Å². The summed E-state index contributed by atoms with van der Waals surface area (Å²) in [7, 11) is 0. The first kappa shape index (κ1) is 14.5.